The Hall–Kier alpha value is -2.81. The number of amides is 1. The zero-order valence-electron chi connectivity index (χ0n) is 18.0. The Morgan fingerprint density at radius 2 is 1.94 bits per heavy atom. The Morgan fingerprint density at radius 3 is 2.65 bits per heavy atom. The number of carbonyl (C=O) groups excluding carboxylic acids is 1. The summed E-state index contributed by atoms with van der Waals surface area (Å²) in [6.07, 6.45) is 0.946. The number of rotatable bonds is 9. The molecule has 0 aliphatic rings. The Kier molecular flexibility index (Phi) is 6.60. The number of fused-ring (bicyclic) bond motifs is 3. The molecule has 2 aromatic heterocycles. The van der Waals surface area contributed by atoms with Crippen LogP contribution in [-0.4, -0.2) is 51.6 Å². The van der Waals surface area contributed by atoms with Crippen LogP contribution in [0.25, 0.3) is 26.6 Å². The van der Waals surface area contributed by atoms with E-state index in [4.69, 9.17) is 5.73 Å². The van der Waals surface area contributed by atoms with E-state index in [1.54, 1.807) is 0 Å². The minimum absolute atomic E-state index is 0.0406. The number of hydrogen-bond donors (Lipinski definition) is 2. The highest BCUT2D eigenvalue weighted by molar-refractivity contribution is 7.23. The predicted octanol–water partition coefficient (Wildman–Crippen LogP) is 3.53. The fraction of sp³-hybridized carbons (Fsp3) is 0.348. The zero-order valence-corrected chi connectivity index (χ0v) is 18.8. The third kappa shape index (κ3) is 4.61. The summed E-state index contributed by atoms with van der Waals surface area (Å²) in [5.41, 5.74) is 9.33. The van der Waals surface area contributed by atoms with Crippen LogP contribution >= 0.6 is 11.3 Å². The Bertz CT molecular complexity index is 1180. The van der Waals surface area contributed by atoms with Gasteiger partial charge in [-0.1, -0.05) is 49.4 Å². The standard InChI is InChI=1S/C23H28N6OS/c1-3-28(4-2)13-5-12-25-22(30)18-10-11-19-20(14-18)31-23-26-21(27-29(19)23)17-8-6-16(15-24)7-9-17/h6-11,14H,3-5,12-13,15,24H2,1-2H3,(H,25,30). The molecule has 3 N–H and O–H groups in total. The van der Waals surface area contributed by atoms with Gasteiger partial charge in [-0.25, -0.2) is 4.52 Å². The molecule has 7 nitrogen and oxygen atoms in total. The number of nitrogens with one attached hydrogen (secondary N) is 1. The van der Waals surface area contributed by atoms with Gasteiger partial charge in [0.2, 0.25) is 4.96 Å². The first-order valence-corrected chi connectivity index (χ1v) is 11.5. The van der Waals surface area contributed by atoms with Gasteiger partial charge >= 0.3 is 0 Å². The van der Waals surface area contributed by atoms with E-state index in [1.807, 2.05) is 47.0 Å². The summed E-state index contributed by atoms with van der Waals surface area (Å²) < 4.78 is 2.84. The number of benzene rings is 2. The number of nitrogens with zero attached hydrogens (tertiary/aromatic N) is 4. The number of aromatic nitrogens is 3. The smallest absolute Gasteiger partial charge is 0.251 e. The molecule has 0 saturated carbocycles. The second kappa shape index (κ2) is 9.55. The predicted molar refractivity (Wildman–Crippen MR) is 126 cm³/mol. The van der Waals surface area contributed by atoms with Crippen LogP contribution in [-0.2, 0) is 6.54 Å². The van der Waals surface area contributed by atoms with Crippen molar-refractivity contribution in [1.82, 2.24) is 24.8 Å². The van der Waals surface area contributed by atoms with Gasteiger partial charge in [-0.15, -0.1) is 5.10 Å². The van der Waals surface area contributed by atoms with Crippen LogP contribution in [0.2, 0.25) is 0 Å². The van der Waals surface area contributed by atoms with Gasteiger partial charge in [-0.2, -0.15) is 4.98 Å². The third-order valence-corrected chi connectivity index (χ3v) is 6.50. The summed E-state index contributed by atoms with van der Waals surface area (Å²) in [5.74, 6) is 0.646. The topological polar surface area (TPSA) is 88.5 Å². The normalized spacial score (nSPS) is 11.6. The summed E-state index contributed by atoms with van der Waals surface area (Å²) in [6, 6.07) is 13.7. The fourth-order valence-corrected chi connectivity index (χ4v) is 4.59. The van der Waals surface area contributed by atoms with E-state index in [1.165, 1.54) is 11.3 Å². The lowest BCUT2D eigenvalue weighted by molar-refractivity contribution is 0.0952. The molecule has 0 aliphatic heterocycles. The molecule has 2 heterocycles. The molecular weight excluding hydrogens is 408 g/mol. The van der Waals surface area contributed by atoms with E-state index in [-0.39, 0.29) is 5.91 Å². The minimum atomic E-state index is -0.0406. The molecule has 4 aromatic rings. The summed E-state index contributed by atoms with van der Waals surface area (Å²) in [5, 5.41) is 7.70. The number of nitrogens with two attached hydrogens (primary N) is 1. The summed E-state index contributed by atoms with van der Waals surface area (Å²) >= 11 is 1.54. The molecular formula is C23H28N6OS. The van der Waals surface area contributed by atoms with Crippen molar-refractivity contribution in [2.24, 2.45) is 5.73 Å². The summed E-state index contributed by atoms with van der Waals surface area (Å²) in [7, 11) is 0. The molecule has 0 saturated heterocycles. The number of hydrogen-bond acceptors (Lipinski definition) is 6. The van der Waals surface area contributed by atoms with Crippen molar-refractivity contribution in [3.63, 3.8) is 0 Å². The van der Waals surface area contributed by atoms with Crippen molar-refractivity contribution < 1.29 is 4.79 Å². The van der Waals surface area contributed by atoms with Crippen molar-refractivity contribution in [2.45, 2.75) is 26.8 Å². The molecule has 8 heteroatoms. The van der Waals surface area contributed by atoms with Crippen LogP contribution in [0.5, 0.6) is 0 Å². The fourth-order valence-electron chi connectivity index (χ4n) is 3.59. The van der Waals surface area contributed by atoms with E-state index in [0.717, 1.165) is 52.4 Å². The van der Waals surface area contributed by atoms with Gasteiger partial charge in [-0.3, -0.25) is 4.79 Å². The Balaban J connectivity index is 1.47. The maximum absolute atomic E-state index is 12.5. The largest absolute Gasteiger partial charge is 0.352 e. The molecule has 2 aromatic carbocycles. The van der Waals surface area contributed by atoms with Crippen molar-refractivity contribution in [3.05, 3.63) is 53.6 Å². The molecule has 0 aliphatic carbocycles. The van der Waals surface area contributed by atoms with Gasteiger partial charge in [0.25, 0.3) is 5.91 Å². The Morgan fingerprint density at radius 1 is 1.16 bits per heavy atom. The molecule has 0 spiro atoms. The molecule has 0 bridgehead atoms. The third-order valence-electron chi connectivity index (χ3n) is 5.51. The second-order valence-electron chi connectivity index (χ2n) is 7.45. The van der Waals surface area contributed by atoms with E-state index in [0.29, 0.717) is 24.5 Å². The summed E-state index contributed by atoms with van der Waals surface area (Å²) in [6.45, 7) is 8.58. The lowest BCUT2D eigenvalue weighted by atomic mass is 10.1. The van der Waals surface area contributed by atoms with Crippen LogP contribution in [0.15, 0.2) is 42.5 Å². The molecule has 0 atom stereocenters. The van der Waals surface area contributed by atoms with Crippen molar-refractivity contribution in [1.29, 1.82) is 0 Å². The minimum Gasteiger partial charge on any atom is -0.352 e. The maximum Gasteiger partial charge on any atom is 0.251 e. The van der Waals surface area contributed by atoms with E-state index >= 15 is 0 Å². The van der Waals surface area contributed by atoms with Gasteiger partial charge in [-0.05, 0) is 49.8 Å². The molecule has 1 amide bonds. The van der Waals surface area contributed by atoms with Crippen LogP contribution in [0.4, 0.5) is 0 Å². The van der Waals surface area contributed by atoms with Gasteiger partial charge in [0.05, 0.1) is 10.2 Å². The highest BCUT2D eigenvalue weighted by Crippen LogP contribution is 2.28. The average molecular weight is 437 g/mol. The van der Waals surface area contributed by atoms with Crippen molar-refractivity contribution in [3.8, 4) is 11.4 Å². The highest BCUT2D eigenvalue weighted by atomic mass is 32.1. The molecule has 31 heavy (non-hydrogen) atoms. The van der Waals surface area contributed by atoms with Crippen molar-refractivity contribution >= 4 is 32.4 Å². The lowest BCUT2D eigenvalue weighted by Gasteiger charge is -2.17. The molecule has 0 unspecified atom stereocenters. The maximum atomic E-state index is 12.5. The number of thiazole rings is 1. The SMILES string of the molecule is CCN(CC)CCCNC(=O)c1ccc2c(c1)sc1nc(-c3ccc(CN)cc3)nn12. The van der Waals surface area contributed by atoms with Gasteiger partial charge in [0, 0.05) is 24.2 Å². The molecule has 0 radical (unpaired) electrons. The summed E-state index contributed by atoms with van der Waals surface area (Å²) in [4.78, 5) is 20.4. The zero-order chi connectivity index (χ0) is 21.8. The first-order valence-electron chi connectivity index (χ1n) is 10.7. The van der Waals surface area contributed by atoms with Gasteiger partial charge in [0.1, 0.15) is 0 Å². The Labute approximate surface area is 185 Å². The number of carbonyl (C=O) groups is 1. The molecule has 162 valence electrons. The highest BCUT2D eigenvalue weighted by Gasteiger charge is 2.14. The van der Waals surface area contributed by atoms with E-state index in [2.05, 4.69) is 34.1 Å². The van der Waals surface area contributed by atoms with Gasteiger partial charge in [0.15, 0.2) is 5.82 Å². The average Bonchev–Trinajstić information content (AvgIpc) is 3.36. The first-order chi connectivity index (χ1) is 15.1. The van der Waals surface area contributed by atoms with Crippen LogP contribution < -0.4 is 11.1 Å². The molecule has 4 rings (SSSR count). The second-order valence-corrected chi connectivity index (χ2v) is 8.46. The van der Waals surface area contributed by atoms with Crippen molar-refractivity contribution in [2.75, 3.05) is 26.2 Å². The lowest BCUT2D eigenvalue weighted by Crippen LogP contribution is -2.29. The molecule has 0 fully saturated rings. The van der Waals surface area contributed by atoms with E-state index < -0.39 is 0 Å². The quantitative estimate of drug-likeness (QED) is 0.392. The van der Waals surface area contributed by atoms with E-state index in [9.17, 15) is 4.79 Å². The van der Waals surface area contributed by atoms with Crippen LogP contribution in [0.1, 0.15) is 36.2 Å². The first kappa shape index (κ1) is 21.4. The van der Waals surface area contributed by atoms with Crippen LogP contribution in [0, 0.1) is 0 Å². The van der Waals surface area contributed by atoms with Crippen LogP contribution in [0.3, 0.4) is 0 Å². The van der Waals surface area contributed by atoms with Gasteiger partial charge < -0.3 is 16.0 Å². The monoisotopic (exact) mass is 436 g/mol.